The standard InChI is InChI=1S/C18H22IN/c1-4-20-18(16-6-5-7-17(19)12-16)11-15-9-13(2)8-14(3)10-15/h5-10,12,18,20H,4,11H2,1-3H3. The van der Waals surface area contributed by atoms with Gasteiger partial charge in [-0.15, -0.1) is 0 Å². The van der Waals surface area contributed by atoms with Crippen molar-refractivity contribution in [2.24, 2.45) is 0 Å². The molecule has 0 aliphatic heterocycles. The zero-order valence-corrected chi connectivity index (χ0v) is 14.6. The Morgan fingerprint density at radius 1 is 1.05 bits per heavy atom. The van der Waals surface area contributed by atoms with E-state index in [0.29, 0.717) is 6.04 Å². The summed E-state index contributed by atoms with van der Waals surface area (Å²) in [7, 11) is 0. The summed E-state index contributed by atoms with van der Waals surface area (Å²) in [6, 6.07) is 16.0. The fourth-order valence-corrected chi connectivity index (χ4v) is 3.27. The zero-order chi connectivity index (χ0) is 14.5. The minimum atomic E-state index is 0.385. The van der Waals surface area contributed by atoms with Gasteiger partial charge in [0, 0.05) is 9.61 Å². The first kappa shape index (κ1) is 15.5. The van der Waals surface area contributed by atoms with E-state index in [1.54, 1.807) is 0 Å². The van der Waals surface area contributed by atoms with Gasteiger partial charge in [0.1, 0.15) is 0 Å². The number of benzene rings is 2. The fourth-order valence-electron chi connectivity index (χ4n) is 2.70. The van der Waals surface area contributed by atoms with Crippen LogP contribution in [0.2, 0.25) is 0 Å². The van der Waals surface area contributed by atoms with Crippen molar-refractivity contribution >= 4 is 22.6 Å². The molecule has 0 aromatic heterocycles. The van der Waals surface area contributed by atoms with Crippen LogP contribution in [0.1, 0.15) is 35.2 Å². The van der Waals surface area contributed by atoms with E-state index in [0.717, 1.165) is 13.0 Å². The third-order valence-electron chi connectivity index (χ3n) is 3.42. The van der Waals surface area contributed by atoms with Crippen LogP contribution in [0.5, 0.6) is 0 Å². The van der Waals surface area contributed by atoms with Crippen LogP contribution in [0, 0.1) is 17.4 Å². The van der Waals surface area contributed by atoms with Gasteiger partial charge < -0.3 is 5.32 Å². The number of aryl methyl sites for hydroxylation is 2. The number of likely N-dealkylation sites (N-methyl/N-ethyl adjacent to an activating group) is 1. The molecule has 2 aromatic carbocycles. The van der Waals surface area contributed by atoms with E-state index in [9.17, 15) is 0 Å². The van der Waals surface area contributed by atoms with Crippen molar-refractivity contribution in [2.75, 3.05) is 6.54 Å². The van der Waals surface area contributed by atoms with Crippen molar-refractivity contribution in [3.05, 3.63) is 68.3 Å². The third kappa shape index (κ3) is 4.32. The van der Waals surface area contributed by atoms with Crippen LogP contribution in [0.4, 0.5) is 0 Å². The van der Waals surface area contributed by atoms with E-state index in [1.165, 1.54) is 25.8 Å². The van der Waals surface area contributed by atoms with Gasteiger partial charge in [0.15, 0.2) is 0 Å². The summed E-state index contributed by atoms with van der Waals surface area (Å²) in [5, 5.41) is 3.61. The van der Waals surface area contributed by atoms with Crippen LogP contribution in [0.3, 0.4) is 0 Å². The molecule has 0 saturated carbocycles. The van der Waals surface area contributed by atoms with Gasteiger partial charge in [-0.25, -0.2) is 0 Å². The number of rotatable bonds is 5. The lowest BCUT2D eigenvalue weighted by Gasteiger charge is -2.19. The highest BCUT2D eigenvalue weighted by Crippen LogP contribution is 2.21. The highest BCUT2D eigenvalue weighted by atomic mass is 127. The first-order valence-corrected chi connectivity index (χ1v) is 8.22. The van der Waals surface area contributed by atoms with Crippen LogP contribution in [-0.2, 0) is 6.42 Å². The molecule has 0 bridgehead atoms. The molecule has 1 nitrogen and oxygen atoms in total. The number of hydrogen-bond acceptors (Lipinski definition) is 1. The molecule has 1 N–H and O–H groups in total. The lowest BCUT2D eigenvalue weighted by Crippen LogP contribution is -2.23. The predicted molar refractivity (Wildman–Crippen MR) is 95.2 cm³/mol. The van der Waals surface area contributed by atoms with Crippen molar-refractivity contribution < 1.29 is 0 Å². The first-order chi connectivity index (χ1) is 9.58. The Morgan fingerprint density at radius 2 is 1.75 bits per heavy atom. The van der Waals surface area contributed by atoms with Gasteiger partial charge in [-0.2, -0.15) is 0 Å². The molecule has 0 fully saturated rings. The Morgan fingerprint density at radius 3 is 2.35 bits per heavy atom. The first-order valence-electron chi connectivity index (χ1n) is 7.14. The molecule has 2 rings (SSSR count). The molecule has 106 valence electrons. The molecule has 0 aliphatic carbocycles. The Labute approximate surface area is 135 Å². The second kappa shape index (κ2) is 7.23. The van der Waals surface area contributed by atoms with Gasteiger partial charge in [0.05, 0.1) is 0 Å². The zero-order valence-electron chi connectivity index (χ0n) is 12.4. The second-order valence-electron chi connectivity index (χ2n) is 5.37. The SMILES string of the molecule is CCNC(Cc1cc(C)cc(C)c1)c1cccc(I)c1. The maximum atomic E-state index is 3.61. The van der Waals surface area contributed by atoms with Crippen LogP contribution < -0.4 is 5.32 Å². The van der Waals surface area contributed by atoms with Gasteiger partial charge >= 0.3 is 0 Å². The van der Waals surface area contributed by atoms with Crippen molar-refractivity contribution in [2.45, 2.75) is 33.2 Å². The summed E-state index contributed by atoms with van der Waals surface area (Å²) >= 11 is 2.38. The van der Waals surface area contributed by atoms with Crippen LogP contribution in [-0.4, -0.2) is 6.54 Å². The van der Waals surface area contributed by atoms with Crippen LogP contribution >= 0.6 is 22.6 Å². The maximum Gasteiger partial charge on any atom is 0.0361 e. The predicted octanol–water partition coefficient (Wildman–Crippen LogP) is 4.80. The molecule has 1 atom stereocenters. The summed E-state index contributed by atoms with van der Waals surface area (Å²) in [5.41, 5.74) is 5.47. The molecule has 2 heteroatoms. The van der Waals surface area contributed by atoms with Gasteiger partial charge in [-0.05, 0) is 72.7 Å². The van der Waals surface area contributed by atoms with Crippen molar-refractivity contribution in [1.82, 2.24) is 5.32 Å². The third-order valence-corrected chi connectivity index (χ3v) is 4.09. The Balaban J connectivity index is 2.25. The van der Waals surface area contributed by atoms with E-state index in [2.05, 4.69) is 91.1 Å². The van der Waals surface area contributed by atoms with Gasteiger partial charge in [0.2, 0.25) is 0 Å². The van der Waals surface area contributed by atoms with Gasteiger partial charge in [0.25, 0.3) is 0 Å². The topological polar surface area (TPSA) is 12.0 Å². The summed E-state index contributed by atoms with van der Waals surface area (Å²) < 4.78 is 1.29. The smallest absolute Gasteiger partial charge is 0.0361 e. The highest BCUT2D eigenvalue weighted by molar-refractivity contribution is 14.1. The largest absolute Gasteiger partial charge is 0.310 e. The number of halogens is 1. The molecule has 1 unspecified atom stereocenters. The van der Waals surface area contributed by atoms with E-state index in [4.69, 9.17) is 0 Å². The van der Waals surface area contributed by atoms with E-state index in [1.807, 2.05) is 0 Å². The van der Waals surface area contributed by atoms with E-state index in [-0.39, 0.29) is 0 Å². The van der Waals surface area contributed by atoms with Crippen LogP contribution in [0.15, 0.2) is 42.5 Å². The van der Waals surface area contributed by atoms with Crippen molar-refractivity contribution in [1.29, 1.82) is 0 Å². The molecule has 0 heterocycles. The second-order valence-corrected chi connectivity index (χ2v) is 6.61. The fraction of sp³-hybridized carbons (Fsp3) is 0.333. The molecule has 20 heavy (non-hydrogen) atoms. The highest BCUT2D eigenvalue weighted by Gasteiger charge is 2.12. The van der Waals surface area contributed by atoms with Crippen molar-refractivity contribution in [3.63, 3.8) is 0 Å². The van der Waals surface area contributed by atoms with Gasteiger partial charge in [-0.3, -0.25) is 0 Å². The average Bonchev–Trinajstić information content (AvgIpc) is 2.37. The van der Waals surface area contributed by atoms with E-state index >= 15 is 0 Å². The average molecular weight is 379 g/mol. The monoisotopic (exact) mass is 379 g/mol. The molecular formula is C18H22IN. The van der Waals surface area contributed by atoms with Gasteiger partial charge in [-0.1, -0.05) is 48.4 Å². The minimum absolute atomic E-state index is 0.385. The molecule has 0 saturated heterocycles. The van der Waals surface area contributed by atoms with E-state index < -0.39 is 0 Å². The minimum Gasteiger partial charge on any atom is -0.310 e. The summed E-state index contributed by atoms with van der Waals surface area (Å²) in [6.07, 6.45) is 1.04. The summed E-state index contributed by atoms with van der Waals surface area (Å²) in [4.78, 5) is 0. The summed E-state index contributed by atoms with van der Waals surface area (Å²) in [5.74, 6) is 0. The molecule has 0 amide bonds. The lowest BCUT2D eigenvalue weighted by molar-refractivity contribution is 0.549. The number of hydrogen-bond donors (Lipinski definition) is 1. The Hall–Kier alpha value is -0.870. The molecule has 0 aliphatic rings. The molecule has 0 spiro atoms. The molecule has 0 radical (unpaired) electrons. The molecular weight excluding hydrogens is 357 g/mol. The summed E-state index contributed by atoms with van der Waals surface area (Å²) in [6.45, 7) is 7.50. The van der Waals surface area contributed by atoms with Crippen LogP contribution in [0.25, 0.3) is 0 Å². The van der Waals surface area contributed by atoms with Crippen molar-refractivity contribution in [3.8, 4) is 0 Å². The number of nitrogens with one attached hydrogen (secondary N) is 1. The Kier molecular flexibility index (Phi) is 5.61. The lowest BCUT2D eigenvalue weighted by atomic mass is 9.96. The quantitative estimate of drug-likeness (QED) is 0.736. The maximum absolute atomic E-state index is 3.61. The Bertz CT molecular complexity index is 557. The normalized spacial score (nSPS) is 12.4. The molecule has 2 aromatic rings.